The van der Waals surface area contributed by atoms with Gasteiger partial charge in [-0.05, 0) is 12.1 Å². The van der Waals surface area contributed by atoms with Crippen LogP contribution in [-0.4, -0.2) is 11.2 Å². The molecule has 2 amide bonds. The summed E-state index contributed by atoms with van der Waals surface area (Å²) in [6.45, 7) is 5.96. The number of carbonyl (C=O) groups is 1. The number of anilines is 2. The standard InChI is InChI=1S/C14H15Cl2N3O2/c1-14(2,3)10-7-11(19-21-10)17-13(20)18-12-8(15)5-4-6-9(12)16/h4-7H,1-3H3,(H2,17,18,19,20). The zero-order chi connectivity index (χ0) is 15.6. The summed E-state index contributed by atoms with van der Waals surface area (Å²) in [6, 6.07) is 6.14. The van der Waals surface area contributed by atoms with Crippen LogP contribution in [0.3, 0.4) is 0 Å². The van der Waals surface area contributed by atoms with Gasteiger partial charge in [0, 0.05) is 11.5 Å². The Balaban J connectivity index is 2.07. The van der Waals surface area contributed by atoms with Crippen LogP contribution >= 0.6 is 23.2 Å². The molecule has 0 spiro atoms. The van der Waals surface area contributed by atoms with Gasteiger partial charge in [-0.3, -0.25) is 5.32 Å². The molecule has 0 saturated carbocycles. The summed E-state index contributed by atoms with van der Waals surface area (Å²) in [5, 5.41) is 9.65. The lowest BCUT2D eigenvalue weighted by molar-refractivity contribution is 0.262. The Labute approximate surface area is 132 Å². The number of para-hydroxylation sites is 1. The van der Waals surface area contributed by atoms with E-state index in [1.807, 2.05) is 20.8 Å². The summed E-state index contributed by atoms with van der Waals surface area (Å²) in [4.78, 5) is 11.9. The number of rotatable bonds is 2. The first-order valence-electron chi connectivity index (χ1n) is 6.26. The molecule has 0 aliphatic rings. The first-order chi connectivity index (χ1) is 9.77. The molecule has 0 unspecified atom stereocenters. The van der Waals surface area contributed by atoms with Crippen molar-refractivity contribution < 1.29 is 9.32 Å². The zero-order valence-corrected chi connectivity index (χ0v) is 13.3. The molecule has 1 aromatic heterocycles. The van der Waals surface area contributed by atoms with Crippen LogP contribution in [0.1, 0.15) is 26.5 Å². The van der Waals surface area contributed by atoms with Gasteiger partial charge in [0.25, 0.3) is 0 Å². The van der Waals surface area contributed by atoms with Crippen molar-refractivity contribution in [3.8, 4) is 0 Å². The molecule has 7 heteroatoms. The Morgan fingerprint density at radius 1 is 1.19 bits per heavy atom. The monoisotopic (exact) mass is 327 g/mol. The summed E-state index contributed by atoms with van der Waals surface area (Å²) in [5.41, 5.74) is 0.160. The van der Waals surface area contributed by atoms with Crippen LogP contribution in [0.15, 0.2) is 28.8 Å². The van der Waals surface area contributed by atoms with E-state index < -0.39 is 6.03 Å². The van der Waals surface area contributed by atoms with Crippen molar-refractivity contribution in [2.24, 2.45) is 0 Å². The van der Waals surface area contributed by atoms with Crippen molar-refractivity contribution in [2.45, 2.75) is 26.2 Å². The molecule has 2 aromatic rings. The molecular weight excluding hydrogens is 313 g/mol. The van der Waals surface area contributed by atoms with Crippen LogP contribution in [0.2, 0.25) is 10.0 Å². The van der Waals surface area contributed by atoms with Crippen LogP contribution in [0, 0.1) is 0 Å². The number of amides is 2. The van der Waals surface area contributed by atoms with Crippen LogP contribution in [0.4, 0.5) is 16.3 Å². The molecule has 0 bridgehead atoms. The SMILES string of the molecule is CC(C)(C)c1cc(NC(=O)Nc2c(Cl)cccc2Cl)no1. The lowest BCUT2D eigenvalue weighted by Crippen LogP contribution is -2.20. The van der Waals surface area contributed by atoms with Crippen molar-refractivity contribution >= 4 is 40.7 Å². The van der Waals surface area contributed by atoms with Crippen molar-refractivity contribution in [3.05, 3.63) is 40.1 Å². The van der Waals surface area contributed by atoms with Gasteiger partial charge in [0.1, 0.15) is 5.76 Å². The second-order valence-corrected chi connectivity index (χ2v) is 6.32. The van der Waals surface area contributed by atoms with E-state index in [2.05, 4.69) is 15.8 Å². The lowest BCUT2D eigenvalue weighted by atomic mass is 9.93. The second kappa shape index (κ2) is 5.95. The third-order valence-corrected chi connectivity index (χ3v) is 3.32. The summed E-state index contributed by atoms with van der Waals surface area (Å²) in [7, 11) is 0. The van der Waals surface area contributed by atoms with Crippen molar-refractivity contribution in [2.75, 3.05) is 10.6 Å². The van der Waals surface area contributed by atoms with Gasteiger partial charge in [-0.2, -0.15) is 0 Å². The number of halogens is 2. The zero-order valence-electron chi connectivity index (χ0n) is 11.8. The fraction of sp³-hybridized carbons (Fsp3) is 0.286. The van der Waals surface area contributed by atoms with Gasteiger partial charge in [0.15, 0.2) is 5.82 Å². The van der Waals surface area contributed by atoms with E-state index in [4.69, 9.17) is 27.7 Å². The van der Waals surface area contributed by atoms with E-state index >= 15 is 0 Å². The largest absolute Gasteiger partial charge is 0.359 e. The topological polar surface area (TPSA) is 67.2 Å². The van der Waals surface area contributed by atoms with Gasteiger partial charge < -0.3 is 9.84 Å². The third kappa shape index (κ3) is 3.89. The van der Waals surface area contributed by atoms with Gasteiger partial charge in [-0.25, -0.2) is 4.79 Å². The summed E-state index contributed by atoms with van der Waals surface area (Å²) < 4.78 is 5.18. The predicted octanol–water partition coefficient (Wildman–Crippen LogP) is 4.92. The molecule has 1 aromatic carbocycles. The summed E-state index contributed by atoms with van der Waals surface area (Å²) in [6.07, 6.45) is 0. The van der Waals surface area contributed by atoms with E-state index in [1.165, 1.54) is 0 Å². The molecule has 5 nitrogen and oxygen atoms in total. The van der Waals surface area contributed by atoms with Crippen LogP contribution in [0.25, 0.3) is 0 Å². The van der Waals surface area contributed by atoms with Crippen LogP contribution in [0.5, 0.6) is 0 Å². The molecule has 0 aliphatic carbocycles. The van der Waals surface area contributed by atoms with Gasteiger partial charge in [0.2, 0.25) is 0 Å². The summed E-state index contributed by atoms with van der Waals surface area (Å²) >= 11 is 12.0. The van der Waals surface area contributed by atoms with Crippen LogP contribution in [-0.2, 0) is 5.41 Å². The van der Waals surface area contributed by atoms with Crippen molar-refractivity contribution in [1.29, 1.82) is 0 Å². The number of hydrogen-bond acceptors (Lipinski definition) is 3. The molecule has 1 heterocycles. The van der Waals surface area contributed by atoms with E-state index in [9.17, 15) is 4.79 Å². The number of hydrogen-bond donors (Lipinski definition) is 2. The molecule has 0 fully saturated rings. The maximum absolute atomic E-state index is 11.9. The fourth-order valence-corrected chi connectivity index (χ4v) is 2.06. The molecule has 112 valence electrons. The quantitative estimate of drug-likeness (QED) is 0.822. The van der Waals surface area contributed by atoms with Crippen LogP contribution < -0.4 is 10.6 Å². The maximum atomic E-state index is 11.9. The predicted molar refractivity (Wildman–Crippen MR) is 84.3 cm³/mol. The number of aromatic nitrogens is 1. The average molecular weight is 328 g/mol. The lowest BCUT2D eigenvalue weighted by Gasteiger charge is -2.12. The highest BCUT2D eigenvalue weighted by atomic mass is 35.5. The number of nitrogens with zero attached hydrogens (tertiary/aromatic N) is 1. The van der Waals surface area contributed by atoms with Gasteiger partial charge in [0.05, 0.1) is 15.7 Å². The number of benzene rings is 1. The van der Waals surface area contributed by atoms with Gasteiger partial charge in [-0.1, -0.05) is 55.2 Å². The molecule has 0 atom stereocenters. The minimum atomic E-state index is -0.501. The van der Waals surface area contributed by atoms with E-state index in [0.717, 1.165) is 0 Å². The minimum Gasteiger partial charge on any atom is -0.359 e. The Morgan fingerprint density at radius 3 is 2.33 bits per heavy atom. The molecule has 0 radical (unpaired) electrons. The summed E-state index contributed by atoms with van der Waals surface area (Å²) in [5.74, 6) is 0.995. The number of nitrogens with one attached hydrogen (secondary N) is 2. The third-order valence-electron chi connectivity index (χ3n) is 2.69. The Bertz CT molecular complexity index is 642. The number of carbonyl (C=O) groups excluding carboxylic acids is 1. The van der Waals surface area contributed by atoms with Crippen molar-refractivity contribution in [3.63, 3.8) is 0 Å². The van der Waals surface area contributed by atoms with E-state index in [1.54, 1.807) is 24.3 Å². The maximum Gasteiger partial charge on any atom is 0.325 e. The second-order valence-electron chi connectivity index (χ2n) is 5.50. The van der Waals surface area contributed by atoms with Crippen molar-refractivity contribution in [1.82, 2.24) is 5.16 Å². The Morgan fingerprint density at radius 2 is 1.81 bits per heavy atom. The molecular formula is C14H15Cl2N3O2. The fourth-order valence-electron chi connectivity index (χ4n) is 1.57. The Hall–Kier alpha value is -1.72. The van der Waals surface area contributed by atoms with E-state index in [0.29, 0.717) is 27.3 Å². The molecule has 21 heavy (non-hydrogen) atoms. The van der Waals surface area contributed by atoms with Gasteiger partial charge in [-0.15, -0.1) is 0 Å². The molecule has 0 aliphatic heterocycles. The Kier molecular flexibility index (Phi) is 4.44. The first kappa shape index (κ1) is 15.7. The minimum absolute atomic E-state index is 0.185. The van der Waals surface area contributed by atoms with Gasteiger partial charge >= 0.3 is 6.03 Å². The average Bonchev–Trinajstić information content (AvgIpc) is 2.82. The number of urea groups is 1. The highest BCUT2D eigenvalue weighted by Crippen LogP contribution is 2.30. The molecule has 0 saturated heterocycles. The smallest absolute Gasteiger partial charge is 0.325 e. The highest BCUT2D eigenvalue weighted by molar-refractivity contribution is 6.39. The normalized spacial score (nSPS) is 11.3. The van der Waals surface area contributed by atoms with E-state index in [-0.39, 0.29) is 5.41 Å². The molecule has 2 rings (SSSR count). The molecule has 2 N–H and O–H groups in total. The first-order valence-corrected chi connectivity index (χ1v) is 7.02. The highest BCUT2D eigenvalue weighted by Gasteiger charge is 2.20.